The molecule has 0 aliphatic carbocycles. The van der Waals surface area contributed by atoms with Gasteiger partial charge in [0.15, 0.2) is 0 Å². The molecule has 0 fully saturated rings. The molecule has 10 rings (SSSR count). The van der Waals surface area contributed by atoms with E-state index >= 15 is 0 Å². The van der Waals surface area contributed by atoms with Gasteiger partial charge < -0.3 is 9.73 Å². The molecule has 55 heavy (non-hydrogen) atoms. The monoisotopic (exact) mass is 706 g/mol. The third-order valence-corrected chi connectivity index (χ3v) is 11.0. The van der Waals surface area contributed by atoms with E-state index in [0.717, 1.165) is 62.1 Å². The molecule has 1 aliphatic rings. The van der Waals surface area contributed by atoms with Gasteiger partial charge >= 0.3 is 0 Å². The van der Waals surface area contributed by atoms with Crippen molar-refractivity contribution >= 4 is 44.2 Å². The Morgan fingerprint density at radius 2 is 1.09 bits per heavy atom. The van der Waals surface area contributed by atoms with Crippen LogP contribution in [-0.2, 0) is 0 Å². The summed E-state index contributed by atoms with van der Waals surface area (Å²) in [7, 11) is 0. The van der Waals surface area contributed by atoms with Crippen LogP contribution in [0.3, 0.4) is 0 Å². The van der Waals surface area contributed by atoms with Gasteiger partial charge in [-0.05, 0) is 75.2 Å². The van der Waals surface area contributed by atoms with Crippen molar-refractivity contribution in [2.75, 3.05) is 0 Å². The van der Waals surface area contributed by atoms with Gasteiger partial charge in [-0.3, -0.25) is 0 Å². The number of nitrogens with zero attached hydrogens (tertiary/aromatic N) is 1. The summed E-state index contributed by atoms with van der Waals surface area (Å²) in [6, 6.07) is 66.9. The molecule has 8 aromatic carbocycles. The first-order valence-corrected chi connectivity index (χ1v) is 19.0. The summed E-state index contributed by atoms with van der Waals surface area (Å²) in [6.07, 6.45) is 0.823. The molecule has 1 atom stereocenters. The van der Waals surface area contributed by atoms with Crippen LogP contribution in [0.5, 0.6) is 0 Å². The van der Waals surface area contributed by atoms with Gasteiger partial charge in [-0.15, -0.1) is 0 Å². The Bertz CT molecular complexity index is 2900. The van der Waals surface area contributed by atoms with E-state index in [4.69, 9.17) is 9.41 Å². The van der Waals surface area contributed by atoms with Crippen LogP contribution in [0.15, 0.2) is 203 Å². The molecule has 0 radical (unpaired) electrons. The first-order chi connectivity index (χ1) is 27.2. The lowest BCUT2D eigenvalue weighted by molar-refractivity contribution is 0.646. The minimum atomic E-state index is 0.0430. The van der Waals surface area contributed by atoms with E-state index in [-0.39, 0.29) is 6.04 Å². The molecule has 1 N–H and O–H groups in total. The van der Waals surface area contributed by atoms with Crippen molar-refractivity contribution in [1.82, 2.24) is 5.32 Å². The number of hydrogen-bond acceptors (Lipinski definition) is 3. The summed E-state index contributed by atoms with van der Waals surface area (Å²) in [4.78, 5) is 5.52. The fourth-order valence-electron chi connectivity index (χ4n) is 8.13. The molecule has 9 aromatic rings. The Kier molecular flexibility index (Phi) is 8.18. The molecule has 3 nitrogen and oxygen atoms in total. The van der Waals surface area contributed by atoms with Crippen LogP contribution in [0.1, 0.15) is 36.1 Å². The topological polar surface area (TPSA) is 37.5 Å². The standard InChI is InChI=1S/C52H38N2O/c1-34-32-47(40-15-6-3-7-16-40)53-52(54-50(34)41-29-26-39(27-30-41)38-24-22-37(23-25-38)35-12-4-2-5-13-35)46-20-11-21-48-49(46)45-19-10-18-44(51(45)55-48)43-31-28-36-14-8-9-17-42(36)33-43/h2-31,33,47H,32H2,1H3,(H,53,54). The molecule has 1 aromatic heterocycles. The number of furan rings is 1. The molecular formula is C52H38N2O. The Hall–Kier alpha value is -6.97. The fourth-order valence-corrected chi connectivity index (χ4v) is 8.13. The van der Waals surface area contributed by atoms with E-state index in [0.29, 0.717) is 0 Å². The van der Waals surface area contributed by atoms with Crippen LogP contribution in [-0.4, -0.2) is 5.84 Å². The van der Waals surface area contributed by atoms with Gasteiger partial charge in [0, 0.05) is 27.5 Å². The van der Waals surface area contributed by atoms with E-state index in [1.807, 2.05) is 0 Å². The zero-order valence-corrected chi connectivity index (χ0v) is 30.5. The second-order valence-corrected chi connectivity index (χ2v) is 14.4. The van der Waals surface area contributed by atoms with E-state index < -0.39 is 0 Å². The predicted octanol–water partition coefficient (Wildman–Crippen LogP) is 13.7. The highest BCUT2D eigenvalue weighted by molar-refractivity contribution is 6.20. The van der Waals surface area contributed by atoms with Gasteiger partial charge in [0.25, 0.3) is 0 Å². The van der Waals surface area contributed by atoms with E-state index in [9.17, 15) is 0 Å². The highest BCUT2D eigenvalue weighted by atomic mass is 16.3. The molecule has 0 bridgehead atoms. The summed E-state index contributed by atoms with van der Waals surface area (Å²) in [5.74, 6) is 0.839. The van der Waals surface area contributed by atoms with Crippen molar-refractivity contribution in [3.8, 4) is 33.4 Å². The van der Waals surface area contributed by atoms with Crippen molar-refractivity contribution in [3.63, 3.8) is 0 Å². The first kappa shape index (κ1) is 32.7. The molecule has 262 valence electrons. The van der Waals surface area contributed by atoms with E-state index in [1.165, 1.54) is 44.2 Å². The molecular weight excluding hydrogens is 669 g/mol. The maximum Gasteiger partial charge on any atom is 0.143 e. The smallest absolute Gasteiger partial charge is 0.143 e. The van der Waals surface area contributed by atoms with Gasteiger partial charge in [0.05, 0.1) is 11.7 Å². The van der Waals surface area contributed by atoms with Crippen LogP contribution in [0.25, 0.3) is 71.8 Å². The number of rotatable bonds is 6. The quantitative estimate of drug-likeness (QED) is 0.187. The lowest BCUT2D eigenvalue weighted by Gasteiger charge is -2.20. The van der Waals surface area contributed by atoms with E-state index in [2.05, 4.69) is 200 Å². The molecule has 3 heteroatoms. The van der Waals surface area contributed by atoms with Crippen LogP contribution >= 0.6 is 0 Å². The number of aliphatic imine (C=N–C) groups is 1. The largest absolute Gasteiger partial charge is 0.455 e. The second-order valence-electron chi connectivity index (χ2n) is 14.4. The second kappa shape index (κ2) is 13.8. The lowest BCUT2D eigenvalue weighted by Crippen LogP contribution is -2.28. The maximum absolute atomic E-state index is 6.75. The number of benzene rings is 8. The molecule has 0 saturated carbocycles. The average molecular weight is 707 g/mol. The molecule has 0 spiro atoms. The SMILES string of the molecule is CC1=C(c2ccc(-c3ccc(-c4ccccc4)cc3)cc2)N=C(c2cccc3oc4c(-c5ccc6ccccc6c5)cccc4c23)NC(c2ccccc2)C1. The third kappa shape index (κ3) is 6.10. The Labute approximate surface area is 320 Å². The highest BCUT2D eigenvalue weighted by Gasteiger charge is 2.25. The van der Waals surface area contributed by atoms with Crippen molar-refractivity contribution in [3.05, 3.63) is 210 Å². The molecule has 1 aliphatic heterocycles. The molecule has 0 amide bonds. The summed E-state index contributed by atoms with van der Waals surface area (Å²) in [5, 5.41) is 8.48. The summed E-state index contributed by atoms with van der Waals surface area (Å²) >= 11 is 0. The normalized spacial score (nSPS) is 14.6. The lowest BCUT2D eigenvalue weighted by atomic mass is 9.96. The van der Waals surface area contributed by atoms with Crippen molar-refractivity contribution in [1.29, 1.82) is 0 Å². The summed E-state index contributed by atoms with van der Waals surface area (Å²) < 4.78 is 6.75. The summed E-state index contributed by atoms with van der Waals surface area (Å²) in [5.41, 5.74) is 14.3. The van der Waals surface area contributed by atoms with Crippen LogP contribution in [0.4, 0.5) is 0 Å². The van der Waals surface area contributed by atoms with Gasteiger partial charge in [-0.2, -0.15) is 0 Å². The van der Waals surface area contributed by atoms with Gasteiger partial charge in [-0.1, -0.05) is 176 Å². The number of hydrogen-bond donors (Lipinski definition) is 1. The number of nitrogens with one attached hydrogen (secondary N) is 1. The summed E-state index contributed by atoms with van der Waals surface area (Å²) in [6.45, 7) is 2.22. The maximum atomic E-state index is 6.75. The zero-order chi connectivity index (χ0) is 36.7. The zero-order valence-electron chi connectivity index (χ0n) is 30.5. The minimum Gasteiger partial charge on any atom is -0.455 e. The van der Waals surface area contributed by atoms with Crippen molar-refractivity contribution < 1.29 is 4.42 Å². The molecule has 2 heterocycles. The molecule has 0 saturated heterocycles. The third-order valence-electron chi connectivity index (χ3n) is 11.0. The minimum absolute atomic E-state index is 0.0430. The average Bonchev–Trinajstić information content (AvgIpc) is 3.55. The number of amidine groups is 1. The van der Waals surface area contributed by atoms with Crippen LogP contribution in [0.2, 0.25) is 0 Å². The Morgan fingerprint density at radius 3 is 1.82 bits per heavy atom. The molecule has 1 unspecified atom stereocenters. The highest BCUT2D eigenvalue weighted by Crippen LogP contribution is 2.40. The fraction of sp³-hybridized carbons (Fsp3) is 0.0577. The van der Waals surface area contributed by atoms with Crippen LogP contribution < -0.4 is 5.32 Å². The van der Waals surface area contributed by atoms with Gasteiger partial charge in [0.1, 0.15) is 17.0 Å². The van der Waals surface area contributed by atoms with Crippen molar-refractivity contribution in [2.45, 2.75) is 19.4 Å². The number of fused-ring (bicyclic) bond motifs is 4. The number of para-hydroxylation sites is 1. The predicted molar refractivity (Wildman–Crippen MR) is 230 cm³/mol. The first-order valence-electron chi connectivity index (χ1n) is 19.0. The van der Waals surface area contributed by atoms with Gasteiger partial charge in [-0.25, -0.2) is 4.99 Å². The Balaban J connectivity index is 1.07. The van der Waals surface area contributed by atoms with E-state index in [1.54, 1.807) is 0 Å². The Morgan fingerprint density at radius 1 is 0.509 bits per heavy atom. The van der Waals surface area contributed by atoms with Crippen LogP contribution in [0, 0.1) is 0 Å². The van der Waals surface area contributed by atoms with Gasteiger partial charge in [0.2, 0.25) is 0 Å². The van der Waals surface area contributed by atoms with Crippen molar-refractivity contribution in [2.24, 2.45) is 4.99 Å².